The molecule has 1 saturated heterocycles. The SMILES string of the molecule is O=C(C1CCNC2(CC2)C1)N1N=CCC1c1cncc(F)c1. The maximum absolute atomic E-state index is 13.4. The lowest BCUT2D eigenvalue weighted by Crippen LogP contribution is -2.45. The molecule has 1 aromatic heterocycles. The molecule has 4 rings (SSSR count). The van der Waals surface area contributed by atoms with Gasteiger partial charge >= 0.3 is 0 Å². The first-order valence-electron chi connectivity index (χ1n) is 7.88. The average molecular weight is 302 g/mol. The van der Waals surface area contributed by atoms with Crippen LogP contribution in [0.1, 0.15) is 43.7 Å². The number of carbonyl (C=O) groups excluding carboxylic acids is 1. The molecule has 5 nitrogen and oxygen atoms in total. The molecule has 1 aromatic rings. The summed E-state index contributed by atoms with van der Waals surface area (Å²) in [6.07, 6.45) is 9.22. The van der Waals surface area contributed by atoms with Crippen LogP contribution in [0.2, 0.25) is 0 Å². The predicted molar refractivity (Wildman–Crippen MR) is 79.6 cm³/mol. The molecule has 0 radical (unpaired) electrons. The highest BCUT2D eigenvalue weighted by atomic mass is 19.1. The first kappa shape index (κ1) is 13.8. The summed E-state index contributed by atoms with van der Waals surface area (Å²) >= 11 is 0. The van der Waals surface area contributed by atoms with E-state index in [0.717, 1.165) is 32.2 Å². The van der Waals surface area contributed by atoms with Crippen molar-refractivity contribution in [1.29, 1.82) is 0 Å². The molecule has 6 heteroatoms. The van der Waals surface area contributed by atoms with Gasteiger partial charge in [0.2, 0.25) is 5.91 Å². The van der Waals surface area contributed by atoms with E-state index in [0.29, 0.717) is 12.0 Å². The highest BCUT2D eigenvalue weighted by molar-refractivity contribution is 5.82. The molecule has 1 saturated carbocycles. The molecule has 2 fully saturated rings. The van der Waals surface area contributed by atoms with E-state index in [2.05, 4.69) is 15.4 Å². The number of hydrogen-bond donors (Lipinski definition) is 1. The Morgan fingerprint density at radius 1 is 1.41 bits per heavy atom. The fourth-order valence-electron chi connectivity index (χ4n) is 3.60. The second kappa shape index (κ2) is 5.12. The number of halogens is 1. The molecular weight excluding hydrogens is 283 g/mol. The van der Waals surface area contributed by atoms with Crippen LogP contribution in [0, 0.1) is 11.7 Å². The smallest absolute Gasteiger partial charge is 0.246 e. The van der Waals surface area contributed by atoms with E-state index in [9.17, 15) is 9.18 Å². The lowest BCUT2D eigenvalue weighted by Gasteiger charge is -2.33. The Balaban J connectivity index is 1.53. The molecule has 1 N–H and O–H groups in total. The Morgan fingerprint density at radius 2 is 2.27 bits per heavy atom. The number of piperidine rings is 1. The highest BCUT2D eigenvalue weighted by Gasteiger charge is 2.48. The lowest BCUT2D eigenvalue weighted by atomic mass is 9.89. The molecular formula is C16H19FN4O. The topological polar surface area (TPSA) is 57.6 Å². The molecule has 1 amide bonds. The number of hydrazone groups is 1. The van der Waals surface area contributed by atoms with Crippen molar-refractivity contribution in [2.75, 3.05) is 6.54 Å². The molecule has 22 heavy (non-hydrogen) atoms. The Hall–Kier alpha value is -1.82. The van der Waals surface area contributed by atoms with Gasteiger partial charge in [0.05, 0.1) is 12.2 Å². The molecule has 2 aliphatic heterocycles. The summed E-state index contributed by atoms with van der Waals surface area (Å²) in [7, 11) is 0. The van der Waals surface area contributed by atoms with Gasteiger partial charge in [-0.2, -0.15) is 5.10 Å². The largest absolute Gasteiger partial charge is 0.311 e. The third kappa shape index (κ3) is 2.41. The predicted octanol–water partition coefficient (Wildman–Crippen LogP) is 2.01. The van der Waals surface area contributed by atoms with Crippen molar-refractivity contribution in [2.24, 2.45) is 11.0 Å². The van der Waals surface area contributed by atoms with Crippen LogP contribution in [-0.2, 0) is 4.79 Å². The second-order valence-electron chi connectivity index (χ2n) is 6.57. The first-order chi connectivity index (χ1) is 10.7. The number of hydrogen-bond acceptors (Lipinski definition) is 4. The van der Waals surface area contributed by atoms with E-state index in [4.69, 9.17) is 0 Å². The Morgan fingerprint density at radius 3 is 3.05 bits per heavy atom. The standard InChI is InChI=1S/C16H19FN4O/c17-13-7-12(9-18-10-13)14-2-6-20-21(14)15(22)11-1-5-19-16(8-11)3-4-16/h6-7,9-11,14,19H,1-5,8H2. The number of amides is 1. The Bertz CT molecular complexity index is 628. The number of carbonyl (C=O) groups is 1. The number of nitrogens with zero attached hydrogens (tertiary/aromatic N) is 3. The number of pyridine rings is 1. The van der Waals surface area contributed by atoms with Crippen LogP contribution >= 0.6 is 0 Å². The van der Waals surface area contributed by atoms with Gasteiger partial charge in [0, 0.05) is 30.3 Å². The fraction of sp³-hybridized carbons (Fsp3) is 0.562. The molecule has 2 atom stereocenters. The zero-order chi connectivity index (χ0) is 15.2. The minimum atomic E-state index is -0.379. The van der Waals surface area contributed by atoms with Crippen molar-refractivity contribution in [2.45, 2.75) is 43.7 Å². The average Bonchev–Trinajstić information content (AvgIpc) is 3.09. The molecule has 2 unspecified atom stereocenters. The molecule has 0 aromatic carbocycles. The van der Waals surface area contributed by atoms with Gasteiger partial charge in [-0.15, -0.1) is 0 Å². The lowest BCUT2D eigenvalue weighted by molar-refractivity contribution is -0.138. The molecule has 1 aliphatic carbocycles. The molecule has 116 valence electrons. The summed E-state index contributed by atoms with van der Waals surface area (Å²) in [4.78, 5) is 16.7. The maximum atomic E-state index is 13.4. The molecule has 3 aliphatic rings. The minimum absolute atomic E-state index is 0.0167. The molecule has 1 spiro atoms. The van der Waals surface area contributed by atoms with Crippen molar-refractivity contribution in [3.05, 3.63) is 29.8 Å². The fourth-order valence-corrected chi connectivity index (χ4v) is 3.60. The zero-order valence-corrected chi connectivity index (χ0v) is 12.3. The van der Waals surface area contributed by atoms with E-state index in [1.165, 1.54) is 12.3 Å². The third-order valence-corrected chi connectivity index (χ3v) is 5.00. The second-order valence-corrected chi connectivity index (χ2v) is 6.57. The van der Waals surface area contributed by atoms with Crippen molar-refractivity contribution in [1.82, 2.24) is 15.3 Å². The number of rotatable bonds is 2. The van der Waals surface area contributed by atoms with Crippen LogP contribution in [0.25, 0.3) is 0 Å². The van der Waals surface area contributed by atoms with Crippen LogP contribution < -0.4 is 5.32 Å². The van der Waals surface area contributed by atoms with Gasteiger partial charge in [0.25, 0.3) is 0 Å². The number of nitrogens with one attached hydrogen (secondary N) is 1. The van der Waals surface area contributed by atoms with Gasteiger partial charge in [0.1, 0.15) is 5.82 Å². The van der Waals surface area contributed by atoms with Crippen molar-refractivity contribution < 1.29 is 9.18 Å². The van der Waals surface area contributed by atoms with Crippen LogP contribution in [0.15, 0.2) is 23.6 Å². The van der Waals surface area contributed by atoms with Gasteiger partial charge in [-0.1, -0.05) is 0 Å². The highest BCUT2D eigenvalue weighted by Crippen LogP contribution is 2.45. The summed E-state index contributed by atoms with van der Waals surface area (Å²) in [6.45, 7) is 0.889. The summed E-state index contributed by atoms with van der Waals surface area (Å²) in [6, 6.07) is 1.22. The summed E-state index contributed by atoms with van der Waals surface area (Å²) in [5, 5.41) is 9.33. The van der Waals surface area contributed by atoms with Crippen LogP contribution in [-0.4, -0.2) is 34.2 Å². The van der Waals surface area contributed by atoms with Crippen molar-refractivity contribution in [3.8, 4) is 0 Å². The summed E-state index contributed by atoms with van der Waals surface area (Å²) in [5.74, 6) is -0.297. The van der Waals surface area contributed by atoms with Gasteiger partial charge < -0.3 is 5.32 Å². The number of aromatic nitrogens is 1. The minimum Gasteiger partial charge on any atom is -0.311 e. The maximum Gasteiger partial charge on any atom is 0.246 e. The molecule has 3 heterocycles. The quantitative estimate of drug-likeness (QED) is 0.909. The third-order valence-electron chi connectivity index (χ3n) is 5.00. The van der Waals surface area contributed by atoms with E-state index >= 15 is 0 Å². The van der Waals surface area contributed by atoms with Crippen LogP contribution in [0.5, 0.6) is 0 Å². The van der Waals surface area contributed by atoms with Crippen LogP contribution in [0.3, 0.4) is 0 Å². The van der Waals surface area contributed by atoms with Crippen molar-refractivity contribution >= 4 is 12.1 Å². The van der Waals surface area contributed by atoms with Crippen molar-refractivity contribution in [3.63, 3.8) is 0 Å². The summed E-state index contributed by atoms with van der Waals surface area (Å²) in [5.41, 5.74) is 0.915. The van der Waals surface area contributed by atoms with E-state index in [1.807, 2.05) is 0 Å². The van der Waals surface area contributed by atoms with Gasteiger partial charge in [-0.05, 0) is 43.9 Å². The Kier molecular flexibility index (Phi) is 3.22. The van der Waals surface area contributed by atoms with E-state index < -0.39 is 0 Å². The zero-order valence-electron chi connectivity index (χ0n) is 12.3. The first-order valence-corrected chi connectivity index (χ1v) is 7.88. The van der Waals surface area contributed by atoms with E-state index in [-0.39, 0.29) is 29.2 Å². The van der Waals surface area contributed by atoms with Gasteiger partial charge in [-0.25, -0.2) is 9.40 Å². The monoisotopic (exact) mass is 302 g/mol. The van der Waals surface area contributed by atoms with E-state index in [1.54, 1.807) is 17.4 Å². The Labute approximate surface area is 128 Å². The normalized spacial score (nSPS) is 29.0. The van der Waals surface area contributed by atoms with Gasteiger partial charge in [-0.3, -0.25) is 9.78 Å². The van der Waals surface area contributed by atoms with Crippen LogP contribution in [0.4, 0.5) is 4.39 Å². The van der Waals surface area contributed by atoms with Gasteiger partial charge in [0.15, 0.2) is 0 Å². The molecule has 0 bridgehead atoms. The summed E-state index contributed by atoms with van der Waals surface area (Å²) < 4.78 is 13.4.